The third kappa shape index (κ3) is 4.17. The predicted molar refractivity (Wildman–Crippen MR) is 91.4 cm³/mol. The number of aromatic nitrogens is 2. The molecule has 0 saturated carbocycles. The van der Waals surface area contributed by atoms with E-state index in [0.717, 1.165) is 36.6 Å². The first-order valence-electron chi connectivity index (χ1n) is 7.53. The van der Waals surface area contributed by atoms with Gasteiger partial charge in [-0.25, -0.2) is 9.97 Å². The summed E-state index contributed by atoms with van der Waals surface area (Å²) >= 11 is 1.86. The highest BCUT2D eigenvalue weighted by molar-refractivity contribution is 7.11. The number of thiophene rings is 1. The first-order chi connectivity index (χ1) is 10.1. The van der Waals surface area contributed by atoms with E-state index in [0.29, 0.717) is 6.04 Å². The molecule has 2 N–H and O–H groups in total. The molecule has 2 heterocycles. The molecule has 0 amide bonds. The molecule has 0 bridgehead atoms. The molecule has 2 aromatic rings. The SMILES string of the molecule is CCNc1ncnc(NC(C)Cc2ccc(C)s2)c1CC. The average Bonchev–Trinajstić information content (AvgIpc) is 2.84. The lowest BCUT2D eigenvalue weighted by Gasteiger charge is -2.18. The Bertz CT molecular complexity index is 579. The maximum atomic E-state index is 4.42. The second-order valence-corrected chi connectivity index (χ2v) is 6.57. The van der Waals surface area contributed by atoms with Crippen molar-refractivity contribution in [3.8, 4) is 0 Å². The standard InChI is InChI=1S/C16H24N4S/c1-5-14-15(17-6-2)18-10-19-16(14)20-11(3)9-13-8-7-12(4)21-13/h7-8,10-11H,5-6,9H2,1-4H3,(H2,17,18,19,20). The van der Waals surface area contributed by atoms with Crippen molar-refractivity contribution in [3.05, 3.63) is 33.8 Å². The molecule has 0 aromatic carbocycles. The monoisotopic (exact) mass is 304 g/mol. The predicted octanol–water partition coefficient (Wildman–Crippen LogP) is 3.88. The van der Waals surface area contributed by atoms with E-state index >= 15 is 0 Å². The second-order valence-electron chi connectivity index (χ2n) is 5.20. The highest BCUT2D eigenvalue weighted by Gasteiger charge is 2.12. The number of nitrogens with zero attached hydrogens (tertiary/aromatic N) is 2. The smallest absolute Gasteiger partial charge is 0.134 e. The molecule has 0 aliphatic heterocycles. The van der Waals surface area contributed by atoms with E-state index in [4.69, 9.17) is 0 Å². The maximum absolute atomic E-state index is 4.42. The molecule has 4 nitrogen and oxygen atoms in total. The van der Waals surface area contributed by atoms with Crippen LogP contribution in [-0.2, 0) is 12.8 Å². The summed E-state index contributed by atoms with van der Waals surface area (Å²) in [4.78, 5) is 11.5. The molecule has 0 spiro atoms. The van der Waals surface area contributed by atoms with Crippen LogP contribution in [0.3, 0.4) is 0 Å². The van der Waals surface area contributed by atoms with Crippen LogP contribution in [0.2, 0.25) is 0 Å². The van der Waals surface area contributed by atoms with E-state index in [2.05, 4.69) is 60.4 Å². The number of rotatable bonds is 7. The Morgan fingerprint density at radius 2 is 1.95 bits per heavy atom. The number of nitrogens with one attached hydrogen (secondary N) is 2. The molecule has 0 fully saturated rings. The topological polar surface area (TPSA) is 49.8 Å². The van der Waals surface area contributed by atoms with Crippen molar-refractivity contribution in [1.82, 2.24) is 9.97 Å². The van der Waals surface area contributed by atoms with Gasteiger partial charge in [0.1, 0.15) is 18.0 Å². The molecular weight excluding hydrogens is 280 g/mol. The van der Waals surface area contributed by atoms with Crippen LogP contribution < -0.4 is 10.6 Å². The Hall–Kier alpha value is -1.62. The molecule has 1 unspecified atom stereocenters. The van der Waals surface area contributed by atoms with Gasteiger partial charge >= 0.3 is 0 Å². The summed E-state index contributed by atoms with van der Waals surface area (Å²) < 4.78 is 0. The molecular formula is C16H24N4S. The number of anilines is 2. The molecule has 5 heteroatoms. The quantitative estimate of drug-likeness (QED) is 0.815. The molecule has 114 valence electrons. The highest BCUT2D eigenvalue weighted by atomic mass is 32.1. The van der Waals surface area contributed by atoms with Crippen molar-refractivity contribution in [2.24, 2.45) is 0 Å². The van der Waals surface area contributed by atoms with E-state index < -0.39 is 0 Å². The molecule has 0 aliphatic carbocycles. The van der Waals surface area contributed by atoms with E-state index in [-0.39, 0.29) is 0 Å². The molecule has 2 rings (SSSR count). The van der Waals surface area contributed by atoms with Crippen LogP contribution in [0.25, 0.3) is 0 Å². The van der Waals surface area contributed by atoms with Gasteiger partial charge in [-0.1, -0.05) is 6.92 Å². The van der Waals surface area contributed by atoms with Gasteiger partial charge in [0.05, 0.1) is 0 Å². The Kier molecular flexibility index (Phi) is 5.56. The van der Waals surface area contributed by atoms with Crippen molar-refractivity contribution in [3.63, 3.8) is 0 Å². The highest BCUT2D eigenvalue weighted by Crippen LogP contribution is 2.22. The molecule has 21 heavy (non-hydrogen) atoms. The fourth-order valence-corrected chi connectivity index (χ4v) is 3.39. The molecule has 0 saturated heterocycles. The average molecular weight is 304 g/mol. The number of hydrogen-bond donors (Lipinski definition) is 2. The summed E-state index contributed by atoms with van der Waals surface area (Å²) in [6, 6.07) is 4.74. The number of hydrogen-bond acceptors (Lipinski definition) is 5. The normalized spacial score (nSPS) is 12.2. The summed E-state index contributed by atoms with van der Waals surface area (Å²) in [6.07, 6.45) is 3.56. The van der Waals surface area contributed by atoms with E-state index in [1.165, 1.54) is 9.75 Å². The summed E-state index contributed by atoms with van der Waals surface area (Å²) in [5.41, 5.74) is 1.16. The van der Waals surface area contributed by atoms with Gasteiger partial charge in [0.2, 0.25) is 0 Å². The molecule has 0 aliphatic rings. The zero-order chi connectivity index (χ0) is 15.2. The maximum Gasteiger partial charge on any atom is 0.134 e. The van der Waals surface area contributed by atoms with E-state index in [1.54, 1.807) is 6.33 Å². The Morgan fingerprint density at radius 1 is 1.19 bits per heavy atom. The fourth-order valence-electron chi connectivity index (χ4n) is 2.37. The molecule has 2 aromatic heterocycles. The van der Waals surface area contributed by atoms with Crippen LogP contribution in [0.5, 0.6) is 0 Å². The zero-order valence-corrected chi connectivity index (χ0v) is 14.0. The summed E-state index contributed by atoms with van der Waals surface area (Å²) in [7, 11) is 0. The van der Waals surface area contributed by atoms with Gasteiger partial charge in [-0.3, -0.25) is 0 Å². The first kappa shape index (κ1) is 15.8. The van der Waals surface area contributed by atoms with Crippen LogP contribution in [-0.4, -0.2) is 22.6 Å². The summed E-state index contributed by atoms with van der Waals surface area (Å²) in [5.74, 6) is 1.89. The zero-order valence-electron chi connectivity index (χ0n) is 13.2. The van der Waals surface area contributed by atoms with Gasteiger partial charge in [0.25, 0.3) is 0 Å². The Balaban J connectivity index is 2.09. The minimum absolute atomic E-state index is 0.345. The Labute approximate surface area is 131 Å². The van der Waals surface area contributed by atoms with Crippen LogP contribution >= 0.6 is 11.3 Å². The summed E-state index contributed by atoms with van der Waals surface area (Å²) in [6.45, 7) is 9.43. The third-order valence-corrected chi connectivity index (χ3v) is 4.35. The minimum Gasteiger partial charge on any atom is -0.370 e. The van der Waals surface area contributed by atoms with Gasteiger partial charge < -0.3 is 10.6 Å². The van der Waals surface area contributed by atoms with E-state index in [9.17, 15) is 0 Å². The third-order valence-electron chi connectivity index (χ3n) is 3.33. The van der Waals surface area contributed by atoms with Crippen LogP contribution in [0.15, 0.2) is 18.5 Å². The van der Waals surface area contributed by atoms with Gasteiger partial charge in [-0.15, -0.1) is 11.3 Å². The first-order valence-corrected chi connectivity index (χ1v) is 8.35. The van der Waals surface area contributed by atoms with Crippen molar-refractivity contribution in [1.29, 1.82) is 0 Å². The molecule has 0 radical (unpaired) electrons. The fraction of sp³-hybridized carbons (Fsp3) is 0.500. The Morgan fingerprint density at radius 3 is 2.57 bits per heavy atom. The van der Waals surface area contributed by atoms with Crippen molar-refractivity contribution >= 4 is 23.0 Å². The van der Waals surface area contributed by atoms with Gasteiger partial charge in [-0.05, 0) is 39.3 Å². The van der Waals surface area contributed by atoms with Gasteiger partial charge in [-0.2, -0.15) is 0 Å². The van der Waals surface area contributed by atoms with Crippen molar-refractivity contribution in [2.45, 2.75) is 46.6 Å². The van der Waals surface area contributed by atoms with Gasteiger partial charge in [0.15, 0.2) is 0 Å². The van der Waals surface area contributed by atoms with Crippen molar-refractivity contribution < 1.29 is 0 Å². The summed E-state index contributed by atoms with van der Waals surface area (Å²) in [5, 5.41) is 6.84. The lowest BCUT2D eigenvalue weighted by atomic mass is 10.1. The largest absolute Gasteiger partial charge is 0.370 e. The van der Waals surface area contributed by atoms with Crippen molar-refractivity contribution in [2.75, 3.05) is 17.2 Å². The molecule has 1 atom stereocenters. The minimum atomic E-state index is 0.345. The van der Waals surface area contributed by atoms with Crippen LogP contribution in [0.4, 0.5) is 11.6 Å². The lowest BCUT2D eigenvalue weighted by Crippen LogP contribution is -2.20. The lowest BCUT2D eigenvalue weighted by molar-refractivity contribution is 0.789. The van der Waals surface area contributed by atoms with Crippen LogP contribution in [0.1, 0.15) is 36.1 Å². The van der Waals surface area contributed by atoms with Crippen LogP contribution in [0, 0.1) is 6.92 Å². The van der Waals surface area contributed by atoms with Gasteiger partial charge in [0, 0.05) is 34.3 Å². The van der Waals surface area contributed by atoms with E-state index in [1.807, 2.05) is 11.3 Å². The number of aryl methyl sites for hydroxylation is 1. The second kappa shape index (κ2) is 7.41.